The van der Waals surface area contributed by atoms with Gasteiger partial charge in [0.15, 0.2) is 6.61 Å². The Bertz CT molecular complexity index is 666. The van der Waals surface area contributed by atoms with Crippen molar-refractivity contribution in [2.45, 2.75) is 18.4 Å². The van der Waals surface area contributed by atoms with Gasteiger partial charge in [0.05, 0.1) is 5.54 Å². The molecule has 1 aliphatic carbocycles. The lowest BCUT2D eigenvalue weighted by Gasteiger charge is -2.18. The Kier molecular flexibility index (Phi) is 4.41. The van der Waals surface area contributed by atoms with Crippen molar-refractivity contribution >= 4 is 33.4 Å². The predicted octanol–water partition coefficient (Wildman–Crippen LogP) is 4.29. The Morgan fingerprint density at radius 1 is 1.14 bits per heavy atom. The molecule has 0 aromatic heterocycles. The fourth-order valence-corrected chi connectivity index (χ4v) is 2.75. The number of amides is 1. The number of hydrogen-bond donors (Lipinski definition) is 1. The minimum absolute atomic E-state index is 0.0109. The summed E-state index contributed by atoms with van der Waals surface area (Å²) in [7, 11) is 0. The molecule has 0 bridgehead atoms. The summed E-state index contributed by atoms with van der Waals surface area (Å²) >= 11 is 9.27. The molecule has 0 saturated heterocycles. The van der Waals surface area contributed by atoms with Crippen LogP contribution in [0.25, 0.3) is 0 Å². The second-order valence-corrected chi connectivity index (χ2v) is 6.73. The van der Waals surface area contributed by atoms with Crippen LogP contribution in [0.3, 0.4) is 0 Å². The molecular formula is C17H15BrClNO2. The van der Waals surface area contributed by atoms with Gasteiger partial charge in [-0.05, 0) is 54.8 Å². The molecule has 0 unspecified atom stereocenters. The lowest BCUT2D eigenvalue weighted by atomic mass is 10.1. The van der Waals surface area contributed by atoms with E-state index < -0.39 is 0 Å². The van der Waals surface area contributed by atoms with Crippen LogP contribution in [0.2, 0.25) is 5.02 Å². The molecule has 1 fully saturated rings. The topological polar surface area (TPSA) is 38.3 Å². The zero-order valence-corrected chi connectivity index (χ0v) is 14.2. The number of nitrogens with one attached hydrogen (secondary N) is 1. The van der Waals surface area contributed by atoms with Crippen LogP contribution in [0.1, 0.15) is 18.4 Å². The third-order valence-electron chi connectivity index (χ3n) is 3.71. The summed E-state index contributed by atoms with van der Waals surface area (Å²) in [5.74, 6) is 0.560. The van der Waals surface area contributed by atoms with Crippen molar-refractivity contribution in [1.29, 1.82) is 0 Å². The van der Waals surface area contributed by atoms with Crippen LogP contribution in [0.15, 0.2) is 53.0 Å². The molecule has 0 atom stereocenters. The molecule has 1 saturated carbocycles. The molecular weight excluding hydrogens is 366 g/mol. The van der Waals surface area contributed by atoms with E-state index in [1.54, 1.807) is 0 Å². The average molecular weight is 381 g/mol. The van der Waals surface area contributed by atoms with E-state index in [1.807, 2.05) is 48.5 Å². The van der Waals surface area contributed by atoms with E-state index in [4.69, 9.17) is 16.3 Å². The summed E-state index contributed by atoms with van der Waals surface area (Å²) in [6, 6.07) is 15.0. The highest BCUT2D eigenvalue weighted by Gasteiger charge is 2.45. The van der Waals surface area contributed by atoms with Gasteiger partial charge >= 0.3 is 0 Å². The number of ether oxygens (including phenoxy) is 1. The molecule has 1 amide bonds. The maximum Gasteiger partial charge on any atom is 0.258 e. The maximum atomic E-state index is 12.1. The highest BCUT2D eigenvalue weighted by Crippen LogP contribution is 2.45. The third kappa shape index (κ3) is 3.62. The van der Waals surface area contributed by atoms with Crippen molar-refractivity contribution in [3.05, 3.63) is 63.6 Å². The molecule has 2 aromatic rings. The Morgan fingerprint density at radius 2 is 1.77 bits per heavy atom. The van der Waals surface area contributed by atoms with Gasteiger partial charge in [-0.15, -0.1) is 0 Å². The van der Waals surface area contributed by atoms with E-state index in [9.17, 15) is 4.79 Å². The highest BCUT2D eigenvalue weighted by molar-refractivity contribution is 9.10. The first kappa shape index (κ1) is 15.4. The van der Waals surface area contributed by atoms with E-state index in [0.717, 1.165) is 22.9 Å². The molecule has 0 radical (unpaired) electrons. The van der Waals surface area contributed by atoms with Crippen molar-refractivity contribution in [3.63, 3.8) is 0 Å². The monoisotopic (exact) mass is 379 g/mol. The predicted molar refractivity (Wildman–Crippen MR) is 90.1 cm³/mol. The number of benzene rings is 2. The average Bonchev–Trinajstić information content (AvgIpc) is 3.28. The highest BCUT2D eigenvalue weighted by atomic mass is 79.9. The molecule has 0 spiro atoms. The maximum absolute atomic E-state index is 12.1. The van der Waals surface area contributed by atoms with Gasteiger partial charge in [0.25, 0.3) is 5.91 Å². The molecule has 114 valence electrons. The summed E-state index contributed by atoms with van der Waals surface area (Å²) < 4.78 is 6.47. The second kappa shape index (κ2) is 6.31. The van der Waals surface area contributed by atoms with Crippen LogP contribution in [-0.4, -0.2) is 12.5 Å². The first-order valence-corrected chi connectivity index (χ1v) is 8.20. The zero-order chi connectivity index (χ0) is 15.6. The Balaban J connectivity index is 1.57. The van der Waals surface area contributed by atoms with Crippen molar-refractivity contribution in [1.82, 2.24) is 5.32 Å². The van der Waals surface area contributed by atoms with Crippen molar-refractivity contribution in [2.75, 3.05) is 6.61 Å². The summed E-state index contributed by atoms with van der Waals surface area (Å²) in [5.41, 5.74) is 0.846. The molecule has 2 aromatic carbocycles. The van der Waals surface area contributed by atoms with Crippen molar-refractivity contribution in [2.24, 2.45) is 0 Å². The Labute approximate surface area is 142 Å². The van der Waals surface area contributed by atoms with E-state index in [2.05, 4.69) is 21.2 Å². The van der Waals surface area contributed by atoms with E-state index in [-0.39, 0.29) is 18.1 Å². The fourth-order valence-electron chi connectivity index (χ4n) is 2.36. The van der Waals surface area contributed by atoms with Gasteiger partial charge in [-0.1, -0.05) is 39.7 Å². The second-order valence-electron chi connectivity index (χ2n) is 5.38. The Hall–Kier alpha value is -1.52. The molecule has 1 N–H and O–H groups in total. The minimum Gasteiger partial charge on any atom is -0.484 e. The summed E-state index contributed by atoms with van der Waals surface area (Å²) in [6.45, 7) is 0.0109. The summed E-state index contributed by atoms with van der Waals surface area (Å²) in [5, 5.41) is 3.77. The van der Waals surface area contributed by atoms with Crippen LogP contribution >= 0.6 is 27.5 Å². The number of carbonyl (C=O) groups is 1. The number of halogens is 2. The SMILES string of the molecule is O=C(COc1ccc(Br)cc1)NC1(c2ccc(Cl)cc2)CC1. The number of carbonyl (C=O) groups excluding carboxylic acids is 1. The van der Waals surface area contributed by atoms with Gasteiger partial charge in [0.1, 0.15) is 5.75 Å². The quantitative estimate of drug-likeness (QED) is 0.840. The van der Waals surface area contributed by atoms with E-state index in [0.29, 0.717) is 10.8 Å². The minimum atomic E-state index is -0.245. The van der Waals surface area contributed by atoms with Crippen LogP contribution < -0.4 is 10.1 Å². The van der Waals surface area contributed by atoms with Crippen molar-refractivity contribution in [3.8, 4) is 5.75 Å². The largest absolute Gasteiger partial charge is 0.484 e. The molecule has 1 aliphatic rings. The van der Waals surface area contributed by atoms with Crippen LogP contribution in [0, 0.1) is 0 Å². The van der Waals surface area contributed by atoms with Gasteiger partial charge in [-0.25, -0.2) is 0 Å². The lowest BCUT2D eigenvalue weighted by molar-refractivity contribution is -0.124. The van der Waals surface area contributed by atoms with E-state index >= 15 is 0 Å². The van der Waals surface area contributed by atoms with Crippen LogP contribution in [0.4, 0.5) is 0 Å². The number of hydrogen-bond acceptors (Lipinski definition) is 2. The van der Waals surface area contributed by atoms with Gasteiger partial charge in [-0.3, -0.25) is 4.79 Å². The lowest BCUT2D eigenvalue weighted by Crippen LogP contribution is -2.38. The van der Waals surface area contributed by atoms with Gasteiger partial charge in [0, 0.05) is 9.50 Å². The molecule has 22 heavy (non-hydrogen) atoms. The first-order chi connectivity index (χ1) is 10.6. The van der Waals surface area contributed by atoms with Gasteiger partial charge < -0.3 is 10.1 Å². The normalized spacial score (nSPS) is 15.2. The summed E-state index contributed by atoms with van der Waals surface area (Å²) in [4.78, 5) is 12.1. The fraction of sp³-hybridized carbons (Fsp3) is 0.235. The smallest absolute Gasteiger partial charge is 0.258 e. The number of rotatable bonds is 5. The molecule has 3 nitrogen and oxygen atoms in total. The van der Waals surface area contributed by atoms with Crippen LogP contribution in [-0.2, 0) is 10.3 Å². The molecule has 3 rings (SSSR count). The van der Waals surface area contributed by atoms with Crippen molar-refractivity contribution < 1.29 is 9.53 Å². The first-order valence-electron chi connectivity index (χ1n) is 7.03. The summed E-state index contributed by atoms with van der Waals surface area (Å²) in [6.07, 6.45) is 1.89. The zero-order valence-electron chi connectivity index (χ0n) is 11.8. The molecule has 0 heterocycles. The van der Waals surface area contributed by atoms with Gasteiger partial charge in [0.2, 0.25) is 0 Å². The molecule has 5 heteroatoms. The standard InChI is InChI=1S/C17H15BrClNO2/c18-13-3-7-15(8-4-13)22-11-16(21)20-17(9-10-17)12-1-5-14(19)6-2-12/h1-8H,9-11H2,(H,20,21). The third-order valence-corrected chi connectivity index (χ3v) is 4.49. The molecule has 0 aliphatic heterocycles. The van der Waals surface area contributed by atoms with Crippen LogP contribution in [0.5, 0.6) is 5.75 Å². The van der Waals surface area contributed by atoms with E-state index in [1.165, 1.54) is 0 Å². The Morgan fingerprint density at radius 3 is 2.36 bits per heavy atom. The van der Waals surface area contributed by atoms with Gasteiger partial charge in [-0.2, -0.15) is 0 Å².